The van der Waals surface area contributed by atoms with Gasteiger partial charge in [0.1, 0.15) is 23.7 Å². The number of Topliss-reactive ketones (excluding diaryl/α,β-unsaturated/α-hetero) is 1. The number of hydrogen-bond acceptors (Lipinski definition) is 8. The second-order valence-electron chi connectivity index (χ2n) is 13.2. The molecule has 0 saturated heterocycles. The van der Waals surface area contributed by atoms with Crippen LogP contribution in [0.1, 0.15) is 88.1 Å². The summed E-state index contributed by atoms with van der Waals surface area (Å²) in [6.45, 7) is 9.09. The van der Waals surface area contributed by atoms with Crippen LogP contribution in [0.15, 0.2) is 24.4 Å². The van der Waals surface area contributed by atoms with Crippen molar-refractivity contribution >= 4 is 40.2 Å². The molecular formula is C32H41N3O6S. The third-order valence-corrected chi connectivity index (χ3v) is 9.99. The van der Waals surface area contributed by atoms with Gasteiger partial charge in [-0.05, 0) is 107 Å². The zero-order valence-electron chi connectivity index (χ0n) is 25.1. The second kappa shape index (κ2) is 11.8. The first-order valence-electron chi connectivity index (χ1n) is 14.9. The van der Waals surface area contributed by atoms with Gasteiger partial charge in [0.25, 0.3) is 0 Å². The summed E-state index contributed by atoms with van der Waals surface area (Å²) in [5, 5.41) is 5.96. The molecule has 1 heterocycles. The monoisotopic (exact) mass is 595 g/mol. The molecule has 5 rings (SSSR count). The third-order valence-electron chi connectivity index (χ3n) is 9.16. The molecule has 9 nitrogen and oxygen atoms in total. The molecule has 1 aromatic heterocycles. The molecule has 3 aliphatic rings. The number of rotatable bonds is 7. The number of ketones is 1. The number of amides is 2. The molecule has 2 N–H and O–H groups in total. The number of esters is 1. The number of hydrogen-bond donors (Lipinski definition) is 2. The summed E-state index contributed by atoms with van der Waals surface area (Å²) < 4.78 is 10.7. The maximum atomic E-state index is 13.3. The second-order valence-corrected chi connectivity index (χ2v) is 14.5. The largest absolute Gasteiger partial charge is 0.444 e. The van der Waals surface area contributed by atoms with Crippen molar-refractivity contribution in [2.45, 2.75) is 91.1 Å². The molecule has 226 valence electrons. The van der Waals surface area contributed by atoms with Crippen molar-refractivity contribution in [3.05, 3.63) is 40.4 Å². The topological polar surface area (TPSA) is 124 Å². The van der Waals surface area contributed by atoms with E-state index < -0.39 is 17.7 Å². The van der Waals surface area contributed by atoms with Crippen LogP contribution >= 0.6 is 11.3 Å². The number of aromatic nitrogens is 1. The molecule has 3 aliphatic carbocycles. The van der Waals surface area contributed by atoms with Crippen LogP contribution in [0.3, 0.4) is 0 Å². The van der Waals surface area contributed by atoms with Crippen molar-refractivity contribution in [2.75, 3.05) is 11.9 Å². The van der Waals surface area contributed by atoms with Gasteiger partial charge in [-0.3, -0.25) is 9.59 Å². The highest BCUT2D eigenvalue weighted by molar-refractivity contribution is 7.15. The minimum atomic E-state index is -0.667. The number of thiazole rings is 1. The van der Waals surface area contributed by atoms with E-state index in [-0.39, 0.29) is 29.7 Å². The number of carbonyl (C=O) groups is 4. The number of fused-ring (bicyclic) bond motifs is 5. The maximum absolute atomic E-state index is 13.3. The minimum absolute atomic E-state index is 0.0462. The lowest BCUT2D eigenvalue weighted by molar-refractivity contribution is -0.133. The van der Waals surface area contributed by atoms with Gasteiger partial charge in [0, 0.05) is 29.3 Å². The molecule has 0 radical (unpaired) electrons. The smallest absolute Gasteiger partial charge is 0.408 e. The van der Waals surface area contributed by atoms with E-state index in [1.807, 2.05) is 19.1 Å². The maximum Gasteiger partial charge on any atom is 0.408 e. The van der Waals surface area contributed by atoms with Crippen molar-refractivity contribution in [1.82, 2.24) is 10.3 Å². The van der Waals surface area contributed by atoms with Crippen LogP contribution in [-0.2, 0) is 25.5 Å². The van der Waals surface area contributed by atoms with Crippen molar-refractivity contribution in [1.29, 1.82) is 0 Å². The summed E-state index contributed by atoms with van der Waals surface area (Å²) >= 11 is 1.46. The summed E-state index contributed by atoms with van der Waals surface area (Å²) in [7, 11) is 0. The molecule has 2 saturated carbocycles. The van der Waals surface area contributed by atoms with Crippen molar-refractivity contribution in [3.8, 4) is 5.75 Å². The minimum Gasteiger partial charge on any atom is -0.444 e. The first-order chi connectivity index (χ1) is 19.8. The van der Waals surface area contributed by atoms with Gasteiger partial charge < -0.3 is 20.1 Å². The Balaban J connectivity index is 1.22. The van der Waals surface area contributed by atoms with Gasteiger partial charge in [0.05, 0.1) is 0 Å². The van der Waals surface area contributed by atoms with E-state index >= 15 is 0 Å². The first kappa shape index (κ1) is 30.2. The fourth-order valence-electron chi connectivity index (χ4n) is 7.48. The number of nitrogens with one attached hydrogen (secondary N) is 2. The number of nitrogens with zero attached hydrogens (tertiary/aromatic N) is 1. The highest BCUT2D eigenvalue weighted by atomic mass is 32.1. The van der Waals surface area contributed by atoms with Gasteiger partial charge in [-0.2, -0.15) is 0 Å². The van der Waals surface area contributed by atoms with E-state index in [0.29, 0.717) is 47.8 Å². The lowest BCUT2D eigenvalue weighted by Crippen LogP contribution is -2.44. The summed E-state index contributed by atoms with van der Waals surface area (Å²) in [5.41, 5.74) is 1.46. The number of carbonyl (C=O) groups excluding carboxylic acids is 4. The van der Waals surface area contributed by atoms with Crippen molar-refractivity contribution in [3.63, 3.8) is 0 Å². The molecule has 5 atom stereocenters. The van der Waals surface area contributed by atoms with E-state index in [9.17, 15) is 19.2 Å². The quantitative estimate of drug-likeness (QED) is 0.299. The van der Waals surface area contributed by atoms with Crippen molar-refractivity contribution < 1.29 is 28.7 Å². The normalized spacial score (nSPS) is 26.5. The summed E-state index contributed by atoms with van der Waals surface area (Å²) in [5.74, 6) is 1.36. The molecule has 0 bridgehead atoms. The Morgan fingerprint density at radius 3 is 2.69 bits per heavy atom. The highest BCUT2D eigenvalue weighted by Gasteiger charge is 2.58. The van der Waals surface area contributed by atoms with E-state index in [1.54, 1.807) is 27.0 Å². The van der Waals surface area contributed by atoms with Gasteiger partial charge in [0.15, 0.2) is 5.13 Å². The highest BCUT2D eigenvalue weighted by Crippen LogP contribution is 2.62. The van der Waals surface area contributed by atoms with Gasteiger partial charge in [-0.1, -0.05) is 13.0 Å². The average Bonchev–Trinajstić information content (AvgIpc) is 3.43. The lowest BCUT2D eigenvalue weighted by atomic mass is 9.54. The SMILES string of the molecule is Cc1cnc(NC(=O)CC[C@@H]2CC(=O)[C@@]3(C)CCC4c5ccc(OC(=O)CNC(=O)OC(C)(C)C)cc5CCC4C23)s1. The molecule has 0 aliphatic heterocycles. The van der Waals surface area contributed by atoms with Gasteiger partial charge in [-0.15, -0.1) is 11.3 Å². The fraction of sp³-hybridized carbons (Fsp3) is 0.594. The molecule has 1 aromatic carbocycles. The summed E-state index contributed by atoms with van der Waals surface area (Å²) in [6, 6.07) is 5.82. The Kier molecular flexibility index (Phi) is 8.47. The number of benzene rings is 1. The predicted molar refractivity (Wildman–Crippen MR) is 160 cm³/mol. The first-order valence-corrected chi connectivity index (χ1v) is 15.7. The third kappa shape index (κ3) is 6.53. The Hall–Kier alpha value is -3.27. The summed E-state index contributed by atoms with van der Waals surface area (Å²) in [6.07, 6.45) is 6.32. The molecule has 2 amide bonds. The van der Waals surface area contributed by atoms with Crippen LogP contribution in [-0.4, -0.2) is 40.9 Å². The zero-order valence-corrected chi connectivity index (χ0v) is 25.9. The van der Waals surface area contributed by atoms with Crippen LogP contribution < -0.4 is 15.4 Å². The molecule has 2 fully saturated rings. The number of alkyl carbamates (subject to hydrolysis) is 1. The Bertz CT molecular complexity index is 1380. The molecule has 42 heavy (non-hydrogen) atoms. The van der Waals surface area contributed by atoms with E-state index in [0.717, 1.165) is 30.6 Å². The van der Waals surface area contributed by atoms with E-state index in [4.69, 9.17) is 9.47 Å². The van der Waals surface area contributed by atoms with Crippen LogP contribution in [0.4, 0.5) is 9.93 Å². The van der Waals surface area contributed by atoms with Gasteiger partial charge >= 0.3 is 12.1 Å². The fourth-order valence-corrected chi connectivity index (χ4v) is 8.16. The van der Waals surface area contributed by atoms with Crippen LogP contribution in [0.25, 0.3) is 0 Å². The molecule has 2 aromatic rings. The average molecular weight is 596 g/mol. The zero-order chi connectivity index (χ0) is 30.2. The number of ether oxygens (including phenoxy) is 2. The van der Waals surface area contributed by atoms with E-state index in [2.05, 4.69) is 28.6 Å². The molecule has 3 unspecified atom stereocenters. The van der Waals surface area contributed by atoms with Crippen LogP contribution in [0.2, 0.25) is 0 Å². The number of aryl methyl sites for hydroxylation is 2. The van der Waals surface area contributed by atoms with Gasteiger partial charge in [-0.25, -0.2) is 14.6 Å². The molecule has 0 spiro atoms. The van der Waals surface area contributed by atoms with Gasteiger partial charge in [0.2, 0.25) is 5.91 Å². The lowest BCUT2D eigenvalue weighted by Gasteiger charge is -2.50. The Morgan fingerprint density at radius 2 is 1.98 bits per heavy atom. The molecule has 10 heteroatoms. The number of anilines is 1. The standard InChI is InChI=1S/C32H41N3O6S/c1-18-16-33-29(42-18)35-26(37)11-7-20-15-25(36)32(5)13-12-23-22-10-8-21(14-19(22)6-9-24(23)28(20)32)40-27(38)17-34-30(39)41-31(2,3)4/h8,10,14,16,20,23-24,28H,6-7,9,11-13,15,17H2,1-5H3,(H,34,39)(H,33,35,37)/t20-,23?,24?,28?,32-/m1/s1. The van der Waals surface area contributed by atoms with E-state index in [1.165, 1.54) is 22.5 Å². The van der Waals surface area contributed by atoms with Crippen LogP contribution in [0, 0.1) is 30.1 Å². The predicted octanol–water partition coefficient (Wildman–Crippen LogP) is 5.95. The Labute approximate surface area is 251 Å². The molecular weight excluding hydrogens is 554 g/mol. The van der Waals surface area contributed by atoms with Crippen molar-refractivity contribution in [2.24, 2.45) is 23.2 Å². The van der Waals surface area contributed by atoms with Crippen LogP contribution in [0.5, 0.6) is 5.75 Å². The summed E-state index contributed by atoms with van der Waals surface area (Å²) in [4.78, 5) is 55.5. The Morgan fingerprint density at radius 1 is 1.19 bits per heavy atom.